The zero-order chi connectivity index (χ0) is 14.8. The van der Waals surface area contributed by atoms with Gasteiger partial charge in [0.25, 0.3) is 0 Å². The zero-order valence-corrected chi connectivity index (χ0v) is 12.5. The van der Waals surface area contributed by atoms with Crippen LogP contribution in [-0.2, 0) is 6.61 Å². The van der Waals surface area contributed by atoms with Crippen molar-refractivity contribution in [2.45, 2.75) is 6.61 Å². The van der Waals surface area contributed by atoms with Crippen LogP contribution in [0.25, 0.3) is 22.6 Å². The van der Waals surface area contributed by atoms with Gasteiger partial charge in [0.05, 0.1) is 12.2 Å². The molecule has 106 valence electrons. The Balaban J connectivity index is 2.16. The number of nitrogens with zero attached hydrogens (tertiary/aromatic N) is 1. The number of rotatable bonds is 3. The van der Waals surface area contributed by atoms with Crippen molar-refractivity contribution in [1.82, 2.24) is 5.16 Å². The number of halogens is 2. The first-order valence-electron chi connectivity index (χ1n) is 6.31. The fourth-order valence-electron chi connectivity index (χ4n) is 2.18. The summed E-state index contributed by atoms with van der Waals surface area (Å²) in [7, 11) is 0. The smallest absolute Gasteiger partial charge is 0.173 e. The van der Waals surface area contributed by atoms with E-state index in [2.05, 4.69) is 21.1 Å². The van der Waals surface area contributed by atoms with Crippen molar-refractivity contribution in [2.24, 2.45) is 0 Å². The monoisotopic (exact) mass is 347 g/mol. The normalized spacial score (nSPS) is 10.8. The van der Waals surface area contributed by atoms with Crippen LogP contribution in [0.3, 0.4) is 0 Å². The van der Waals surface area contributed by atoms with Crippen LogP contribution in [0.5, 0.6) is 0 Å². The molecule has 0 atom stereocenters. The molecule has 0 unspecified atom stereocenters. The average Bonchev–Trinajstić information content (AvgIpc) is 2.91. The third kappa shape index (κ3) is 2.62. The summed E-state index contributed by atoms with van der Waals surface area (Å²) < 4.78 is 20.1. The van der Waals surface area contributed by atoms with Gasteiger partial charge < -0.3 is 9.63 Å². The fourth-order valence-corrected chi connectivity index (χ4v) is 2.58. The van der Waals surface area contributed by atoms with Gasteiger partial charge in [0.1, 0.15) is 11.5 Å². The number of hydrogen-bond acceptors (Lipinski definition) is 3. The summed E-state index contributed by atoms with van der Waals surface area (Å²) in [6.45, 7) is -0.283. The van der Waals surface area contributed by atoms with E-state index in [-0.39, 0.29) is 6.61 Å². The first kappa shape index (κ1) is 14.0. The van der Waals surface area contributed by atoms with Gasteiger partial charge in [0, 0.05) is 15.6 Å². The third-order valence-electron chi connectivity index (χ3n) is 3.16. The van der Waals surface area contributed by atoms with Gasteiger partial charge in [0.2, 0.25) is 0 Å². The Morgan fingerprint density at radius 1 is 1.14 bits per heavy atom. The van der Waals surface area contributed by atoms with Crippen LogP contribution in [-0.4, -0.2) is 10.3 Å². The molecule has 0 aliphatic carbocycles. The number of benzene rings is 2. The summed E-state index contributed by atoms with van der Waals surface area (Å²) in [6.07, 6.45) is 0. The van der Waals surface area contributed by atoms with E-state index in [0.29, 0.717) is 22.6 Å². The second-order valence-electron chi connectivity index (χ2n) is 4.49. The minimum Gasteiger partial charge on any atom is -0.391 e. The van der Waals surface area contributed by atoms with E-state index in [1.165, 1.54) is 6.07 Å². The Hall–Kier alpha value is -1.98. The fraction of sp³-hybridized carbons (Fsp3) is 0.0625. The Kier molecular flexibility index (Phi) is 3.86. The minimum absolute atomic E-state index is 0.283. The van der Waals surface area contributed by atoms with E-state index in [9.17, 15) is 9.50 Å². The van der Waals surface area contributed by atoms with Crippen LogP contribution in [0.2, 0.25) is 0 Å². The van der Waals surface area contributed by atoms with Crippen LogP contribution >= 0.6 is 15.9 Å². The Morgan fingerprint density at radius 3 is 2.67 bits per heavy atom. The molecule has 0 radical (unpaired) electrons. The zero-order valence-electron chi connectivity index (χ0n) is 10.9. The van der Waals surface area contributed by atoms with Crippen LogP contribution in [0, 0.1) is 5.82 Å². The lowest BCUT2D eigenvalue weighted by atomic mass is 10.0. The van der Waals surface area contributed by atoms with Gasteiger partial charge in [-0.2, -0.15) is 0 Å². The van der Waals surface area contributed by atoms with Crippen molar-refractivity contribution in [3.63, 3.8) is 0 Å². The van der Waals surface area contributed by atoms with Crippen molar-refractivity contribution in [1.29, 1.82) is 0 Å². The topological polar surface area (TPSA) is 46.3 Å². The van der Waals surface area contributed by atoms with Gasteiger partial charge in [-0.25, -0.2) is 4.39 Å². The summed E-state index contributed by atoms with van der Waals surface area (Å²) in [6, 6.07) is 13.7. The molecule has 2 aromatic carbocycles. The maximum absolute atomic E-state index is 13.9. The molecule has 0 saturated heterocycles. The lowest BCUT2D eigenvalue weighted by Gasteiger charge is -2.02. The molecule has 0 aliphatic heterocycles. The van der Waals surface area contributed by atoms with E-state index in [0.717, 1.165) is 10.0 Å². The van der Waals surface area contributed by atoms with E-state index < -0.39 is 5.82 Å². The van der Waals surface area contributed by atoms with E-state index in [1.807, 2.05) is 24.3 Å². The maximum Gasteiger partial charge on any atom is 0.173 e. The standard InChI is InChI=1S/C16H11BrFNO2/c17-11-5-3-4-10(8-11)16-13(9-20)15(19-21-16)12-6-1-2-7-14(12)18/h1-8,20H,9H2. The largest absolute Gasteiger partial charge is 0.391 e. The molecule has 0 aliphatic rings. The molecule has 0 bridgehead atoms. The van der Waals surface area contributed by atoms with E-state index in [4.69, 9.17) is 4.52 Å². The molecule has 1 aromatic heterocycles. The highest BCUT2D eigenvalue weighted by Gasteiger charge is 2.20. The van der Waals surface area contributed by atoms with Crippen LogP contribution in [0.1, 0.15) is 5.56 Å². The first-order chi connectivity index (χ1) is 10.2. The van der Waals surface area contributed by atoms with Crippen LogP contribution in [0.15, 0.2) is 57.5 Å². The quantitative estimate of drug-likeness (QED) is 0.763. The molecule has 0 saturated carbocycles. The number of aliphatic hydroxyl groups is 1. The Morgan fingerprint density at radius 2 is 1.95 bits per heavy atom. The van der Waals surface area contributed by atoms with Crippen molar-refractivity contribution in [3.8, 4) is 22.6 Å². The molecule has 1 heterocycles. The number of aliphatic hydroxyl groups excluding tert-OH is 1. The van der Waals surface area contributed by atoms with Crippen LogP contribution in [0.4, 0.5) is 4.39 Å². The second kappa shape index (κ2) is 5.79. The average molecular weight is 348 g/mol. The molecular weight excluding hydrogens is 337 g/mol. The van der Waals surface area contributed by atoms with Crippen molar-refractivity contribution in [3.05, 3.63) is 64.4 Å². The Bertz CT molecular complexity index is 785. The van der Waals surface area contributed by atoms with Crippen molar-refractivity contribution >= 4 is 15.9 Å². The van der Waals surface area contributed by atoms with Gasteiger partial charge in [-0.05, 0) is 24.3 Å². The maximum atomic E-state index is 13.9. The molecule has 3 rings (SSSR count). The second-order valence-corrected chi connectivity index (χ2v) is 5.40. The molecule has 1 N–H and O–H groups in total. The minimum atomic E-state index is -0.402. The summed E-state index contributed by atoms with van der Waals surface area (Å²) in [5, 5.41) is 13.6. The molecule has 3 aromatic rings. The lowest BCUT2D eigenvalue weighted by molar-refractivity contribution is 0.281. The van der Waals surface area contributed by atoms with E-state index >= 15 is 0 Å². The SMILES string of the molecule is OCc1c(-c2ccccc2F)noc1-c1cccc(Br)c1. The highest BCUT2D eigenvalue weighted by atomic mass is 79.9. The van der Waals surface area contributed by atoms with Gasteiger partial charge in [-0.1, -0.05) is 45.4 Å². The lowest BCUT2D eigenvalue weighted by Crippen LogP contribution is -1.91. The summed E-state index contributed by atoms with van der Waals surface area (Å²) in [4.78, 5) is 0. The highest BCUT2D eigenvalue weighted by Crippen LogP contribution is 2.34. The molecule has 0 spiro atoms. The molecule has 21 heavy (non-hydrogen) atoms. The number of hydrogen-bond donors (Lipinski definition) is 1. The van der Waals surface area contributed by atoms with Crippen LogP contribution < -0.4 is 0 Å². The van der Waals surface area contributed by atoms with Crippen molar-refractivity contribution in [2.75, 3.05) is 0 Å². The summed E-state index contributed by atoms with van der Waals surface area (Å²) >= 11 is 3.38. The molecule has 3 nitrogen and oxygen atoms in total. The van der Waals surface area contributed by atoms with Gasteiger partial charge in [-0.3, -0.25) is 0 Å². The van der Waals surface area contributed by atoms with Gasteiger partial charge in [0.15, 0.2) is 5.76 Å². The predicted octanol–water partition coefficient (Wildman–Crippen LogP) is 4.40. The van der Waals surface area contributed by atoms with Gasteiger partial charge >= 0.3 is 0 Å². The van der Waals surface area contributed by atoms with Crippen molar-refractivity contribution < 1.29 is 14.0 Å². The molecule has 5 heteroatoms. The first-order valence-corrected chi connectivity index (χ1v) is 7.10. The third-order valence-corrected chi connectivity index (χ3v) is 3.66. The highest BCUT2D eigenvalue weighted by molar-refractivity contribution is 9.10. The predicted molar refractivity (Wildman–Crippen MR) is 81.0 cm³/mol. The molecule has 0 amide bonds. The van der Waals surface area contributed by atoms with E-state index in [1.54, 1.807) is 18.2 Å². The summed E-state index contributed by atoms with van der Waals surface area (Å²) in [5.74, 6) is 0.0401. The van der Waals surface area contributed by atoms with Gasteiger partial charge in [-0.15, -0.1) is 0 Å². The molecule has 0 fully saturated rings. The summed E-state index contributed by atoms with van der Waals surface area (Å²) in [5.41, 5.74) is 1.87. The Labute approximate surface area is 129 Å². The number of aromatic nitrogens is 1. The molecular formula is C16H11BrFNO2.